The number of hydrogen-bond donors (Lipinski definition) is 2. The Balaban J connectivity index is 2.09. The fourth-order valence-electron chi connectivity index (χ4n) is 1.34. The number of ether oxygens (including phenoxy) is 1. The molecule has 1 aliphatic rings. The minimum atomic E-state index is -0.851. The number of carboxylic acid groups (broad SMARTS) is 1. The maximum absolute atomic E-state index is 10.4. The van der Waals surface area contributed by atoms with Gasteiger partial charge in [0.2, 0.25) is 0 Å². The normalized spacial score (nSPS) is 22.6. The molecule has 0 amide bonds. The highest BCUT2D eigenvalue weighted by Crippen LogP contribution is 2.10. The summed E-state index contributed by atoms with van der Waals surface area (Å²) in [6.07, 6.45) is 2.80. The van der Waals surface area contributed by atoms with Gasteiger partial charge >= 0.3 is 5.97 Å². The lowest BCUT2D eigenvalue weighted by Crippen LogP contribution is -2.23. The Labute approximate surface area is 83.9 Å². The standard InChI is InChI=1S/C10H17NO3/c1-8(10(12)13)2-4-11-6-9-3-5-14-7-9/h2,9,11H,3-7H2,1H3,(H,12,13). The molecule has 1 fully saturated rings. The average molecular weight is 199 g/mol. The zero-order chi connectivity index (χ0) is 10.4. The Kier molecular flexibility index (Phi) is 4.62. The molecule has 0 saturated carbocycles. The van der Waals surface area contributed by atoms with E-state index >= 15 is 0 Å². The highest BCUT2D eigenvalue weighted by Gasteiger charge is 2.14. The summed E-state index contributed by atoms with van der Waals surface area (Å²) in [6, 6.07) is 0. The first-order chi connectivity index (χ1) is 6.70. The van der Waals surface area contributed by atoms with Gasteiger partial charge in [-0.1, -0.05) is 6.08 Å². The van der Waals surface area contributed by atoms with Crippen LogP contribution in [0.4, 0.5) is 0 Å². The smallest absolute Gasteiger partial charge is 0.330 e. The van der Waals surface area contributed by atoms with E-state index in [-0.39, 0.29) is 0 Å². The number of rotatable bonds is 5. The van der Waals surface area contributed by atoms with Crippen molar-refractivity contribution in [3.63, 3.8) is 0 Å². The van der Waals surface area contributed by atoms with Crippen LogP contribution in [0.1, 0.15) is 13.3 Å². The maximum Gasteiger partial charge on any atom is 0.330 e. The Bertz CT molecular complexity index is 219. The fourth-order valence-corrected chi connectivity index (χ4v) is 1.34. The molecule has 4 nitrogen and oxygen atoms in total. The van der Waals surface area contributed by atoms with Gasteiger partial charge < -0.3 is 15.2 Å². The molecule has 0 aliphatic carbocycles. The number of nitrogens with one attached hydrogen (secondary N) is 1. The average Bonchev–Trinajstić information content (AvgIpc) is 2.64. The summed E-state index contributed by atoms with van der Waals surface area (Å²) in [7, 11) is 0. The molecule has 1 heterocycles. The lowest BCUT2D eigenvalue weighted by Gasteiger charge is -2.07. The Morgan fingerprint density at radius 1 is 1.71 bits per heavy atom. The predicted molar refractivity (Wildman–Crippen MR) is 53.2 cm³/mol. The van der Waals surface area contributed by atoms with Crippen LogP contribution in [0, 0.1) is 5.92 Å². The van der Waals surface area contributed by atoms with E-state index in [1.807, 2.05) is 0 Å². The number of carboxylic acids is 1. The molecule has 1 aliphatic heterocycles. The van der Waals surface area contributed by atoms with E-state index in [4.69, 9.17) is 9.84 Å². The van der Waals surface area contributed by atoms with Gasteiger partial charge in [0.1, 0.15) is 0 Å². The van der Waals surface area contributed by atoms with Gasteiger partial charge in [0, 0.05) is 25.3 Å². The molecular formula is C10H17NO3. The molecule has 0 bridgehead atoms. The van der Waals surface area contributed by atoms with E-state index in [2.05, 4.69) is 5.32 Å². The van der Waals surface area contributed by atoms with Crippen molar-refractivity contribution in [2.24, 2.45) is 5.92 Å². The van der Waals surface area contributed by atoms with Crippen LogP contribution >= 0.6 is 0 Å². The third-order valence-corrected chi connectivity index (χ3v) is 2.35. The van der Waals surface area contributed by atoms with Crippen molar-refractivity contribution in [1.82, 2.24) is 5.32 Å². The second-order valence-corrected chi connectivity index (χ2v) is 3.58. The highest BCUT2D eigenvalue weighted by atomic mass is 16.5. The largest absolute Gasteiger partial charge is 0.478 e. The minimum Gasteiger partial charge on any atom is -0.478 e. The van der Waals surface area contributed by atoms with Crippen LogP contribution in [-0.2, 0) is 9.53 Å². The molecule has 0 aromatic carbocycles. The van der Waals surface area contributed by atoms with Crippen LogP contribution < -0.4 is 5.32 Å². The second kappa shape index (κ2) is 5.78. The van der Waals surface area contributed by atoms with Crippen molar-refractivity contribution in [3.8, 4) is 0 Å². The molecule has 4 heteroatoms. The first-order valence-electron chi connectivity index (χ1n) is 4.88. The first-order valence-corrected chi connectivity index (χ1v) is 4.88. The van der Waals surface area contributed by atoms with Gasteiger partial charge in [-0.25, -0.2) is 4.79 Å². The minimum absolute atomic E-state index is 0.389. The van der Waals surface area contributed by atoms with Gasteiger partial charge in [0.25, 0.3) is 0 Å². The van der Waals surface area contributed by atoms with Crippen molar-refractivity contribution in [2.45, 2.75) is 13.3 Å². The number of aliphatic carboxylic acids is 1. The van der Waals surface area contributed by atoms with Crippen LogP contribution in [0.2, 0.25) is 0 Å². The molecule has 14 heavy (non-hydrogen) atoms. The quantitative estimate of drug-likeness (QED) is 0.504. The lowest BCUT2D eigenvalue weighted by molar-refractivity contribution is -0.132. The molecule has 0 spiro atoms. The summed E-state index contributed by atoms with van der Waals surface area (Å²) in [5, 5.41) is 11.8. The van der Waals surface area contributed by atoms with Crippen molar-refractivity contribution in [3.05, 3.63) is 11.6 Å². The van der Waals surface area contributed by atoms with E-state index in [0.717, 1.165) is 26.2 Å². The van der Waals surface area contributed by atoms with Gasteiger partial charge in [0.05, 0.1) is 6.61 Å². The molecular weight excluding hydrogens is 182 g/mol. The summed E-state index contributed by atoms with van der Waals surface area (Å²) >= 11 is 0. The lowest BCUT2D eigenvalue weighted by atomic mass is 10.1. The summed E-state index contributed by atoms with van der Waals surface area (Å²) in [5.41, 5.74) is 0.389. The maximum atomic E-state index is 10.4. The molecule has 1 saturated heterocycles. The van der Waals surface area contributed by atoms with Crippen LogP contribution in [-0.4, -0.2) is 37.4 Å². The summed E-state index contributed by atoms with van der Waals surface area (Å²) in [6.45, 7) is 4.81. The van der Waals surface area contributed by atoms with E-state index < -0.39 is 5.97 Å². The zero-order valence-electron chi connectivity index (χ0n) is 8.45. The number of hydrogen-bond acceptors (Lipinski definition) is 3. The van der Waals surface area contributed by atoms with Gasteiger partial charge in [0.15, 0.2) is 0 Å². The molecule has 80 valence electrons. The molecule has 2 N–H and O–H groups in total. The van der Waals surface area contributed by atoms with Gasteiger partial charge in [-0.2, -0.15) is 0 Å². The third kappa shape index (κ3) is 3.89. The Morgan fingerprint density at radius 2 is 2.50 bits per heavy atom. The van der Waals surface area contributed by atoms with E-state index in [0.29, 0.717) is 18.0 Å². The van der Waals surface area contributed by atoms with E-state index in [9.17, 15) is 4.79 Å². The van der Waals surface area contributed by atoms with Crippen LogP contribution in [0.5, 0.6) is 0 Å². The summed E-state index contributed by atoms with van der Waals surface area (Å²) in [5.74, 6) is -0.260. The van der Waals surface area contributed by atoms with Crippen LogP contribution in [0.15, 0.2) is 11.6 Å². The predicted octanol–water partition coefficient (Wildman–Crippen LogP) is 0.643. The molecule has 1 atom stereocenters. The molecule has 1 rings (SSSR count). The molecule has 0 aromatic heterocycles. The molecule has 0 aromatic rings. The molecule has 1 unspecified atom stereocenters. The van der Waals surface area contributed by atoms with E-state index in [1.165, 1.54) is 0 Å². The second-order valence-electron chi connectivity index (χ2n) is 3.58. The third-order valence-electron chi connectivity index (χ3n) is 2.35. The monoisotopic (exact) mass is 199 g/mol. The van der Waals surface area contributed by atoms with Crippen molar-refractivity contribution >= 4 is 5.97 Å². The fraction of sp³-hybridized carbons (Fsp3) is 0.700. The van der Waals surface area contributed by atoms with Gasteiger partial charge in [-0.3, -0.25) is 0 Å². The SMILES string of the molecule is CC(=CCNCC1CCOC1)C(=O)O. The topological polar surface area (TPSA) is 58.6 Å². The summed E-state index contributed by atoms with van der Waals surface area (Å²) in [4.78, 5) is 10.4. The van der Waals surface area contributed by atoms with Crippen molar-refractivity contribution in [2.75, 3.05) is 26.3 Å². The van der Waals surface area contributed by atoms with Crippen LogP contribution in [0.25, 0.3) is 0 Å². The van der Waals surface area contributed by atoms with Crippen molar-refractivity contribution in [1.29, 1.82) is 0 Å². The molecule has 0 radical (unpaired) electrons. The van der Waals surface area contributed by atoms with Gasteiger partial charge in [-0.05, 0) is 19.3 Å². The van der Waals surface area contributed by atoms with E-state index in [1.54, 1.807) is 13.0 Å². The van der Waals surface area contributed by atoms with Gasteiger partial charge in [-0.15, -0.1) is 0 Å². The van der Waals surface area contributed by atoms with Crippen LogP contribution in [0.3, 0.4) is 0 Å². The van der Waals surface area contributed by atoms with Crippen molar-refractivity contribution < 1.29 is 14.6 Å². The number of carbonyl (C=O) groups is 1. The Hall–Kier alpha value is -0.870. The Morgan fingerprint density at radius 3 is 3.07 bits per heavy atom. The highest BCUT2D eigenvalue weighted by molar-refractivity contribution is 5.85. The summed E-state index contributed by atoms with van der Waals surface area (Å²) < 4.78 is 5.22. The first kappa shape index (κ1) is 11.2. The zero-order valence-corrected chi connectivity index (χ0v) is 8.45.